The summed E-state index contributed by atoms with van der Waals surface area (Å²) in [6.07, 6.45) is 3.11. The molecule has 1 aliphatic rings. The maximum atomic E-state index is 9.68. The SMILES string of the molecule is COc1cc(C2CN(CCCCCO)CCN2)ccc1O. The van der Waals surface area contributed by atoms with Crippen LogP contribution in [0.25, 0.3) is 0 Å². The number of rotatable bonds is 7. The van der Waals surface area contributed by atoms with E-state index in [9.17, 15) is 5.11 Å². The van der Waals surface area contributed by atoms with Gasteiger partial charge in [-0.2, -0.15) is 0 Å². The van der Waals surface area contributed by atoms with Crippen LogP contribution in [0.2, 0.25) is 0 Å². The van der Waals surface area contributed by atoms with Gasteiger partial charge >= 0.3 is 0 Å². The molecule has 1 unspecified atom stereocenters. The van der Waals surface area contributed by atoms with E-state index in [1.807, 2.05) is 12.1 Å². The maximum Gasteiger partial charge on any atom is 0.160 e. The quantitative estimate of drug-likeness (QED) is 0.665. The number of nitrogens with zero attached hydrogens (tertiary/aromatic N) is 1. The number of aliphatic hydroxyl groups is 1. The molecule has 1 aromatic rings. The van der Waals surface area contributed by atoms with E-state index in [1.165, 1.54) is 0 Å². The van der Waals surface area contributed by atoms with Crippen LogP contribution in [-0.4, -0.2) is 55.0 Å². The Labute approximate surface area is 126 Å². The standard InChI is InChI=1S/C16H26N2O3/c1-21-16-11-13(5-6-15(16)20)14-12-18(9-7-17-14)8-3-2-4-10-19/h5-6,11,14,17,19-20H,2-4,7-10,12H2,1H3. The Bertz CT molecular complexity index is 440. The van der Waals surface area contributed by atoms with Crippen molar-refractivity contribution in [3.63, 3.8) is 0 Å². The van der Waals surface area contributed by atoms with Crippen molar-refractivity contribution < 1.29 is 14.9 Å². The molecule has 21 heavy (non-hydrogen) atoms. The lowest BCUT2D eigenvalue weighted by Gasteiger charge is -2.34. The Morgan fingerprint density at radius 3 is 2.95 bits per heavy atom. The molecule has 1 fully saturated rings. The van der Waals surface area contributed by atoms with Gasteiger partial charge in [0.05, 0.1) is 7.11 Å². The summed E-state index contributed by atoms with van der Waals surface area (Å²) in [7, 11) is 1.57. The number of hydrogen-bond donors (Lipinski definition) is 3. The van der Waals surface area contributed by atoms with E-state index in [4.69, 9.17) is 9.84 Å². The van der Waals surface area contributed by atoms with Crippen LogP contribution < -0.4 is 10.1 Å². The molecule has 1 aliphatic heterocycles. The second kappa shape index (κ2) is 8.22. The molecular weight excluding hydrogens is 268 g/mol. The highest BCUT2D eigenvalue weighted by Gasteiger charge is 2.21. The van der Waals surface area contributed by atoms with Crippen LogP contribution in [0.4, 0.5) is 0 Å². The fourth-order valence-electron chi connectivity index (χ4n) is 2.77. The third-order valence-corrected chi connectivity index (χ3v) is 4.00. The molecule has 1 saturated heterocycles. The summed E-state index contributed by atoms with van der Waals surface area (Å²) in [5.41, 5.74) is 1.14. The molecule has 0 saturated carbocycles. The Balaban J connectivity index is 1.91. The molecule has 0 amide bonds. The number of hydrogen-bond acceptors (Lipinski definition) is 5. The van der Waals surface area contributed by atoms with E-state index in [0.717, 1.165) is 51.0 Å². The van der Waals surface area contributed by atoms with Crippen molar-refractivity contribution in [2.24, 2.45) is 0 Å². The van der Waals surface area contributed by atoms with Gasteiger partial charge in [-0.3, -0.25) is 0 Å². The van der Waals surface area contributed by atoms with E-state index < -0.39 is 0 Å². The monoisotopic (exact) mass is 294 g/mol. The number of methoxy groups -OCH3 is 1. The van der Waals surface area contributed by atoms with Crippen molar-refractivity contribution in [2.45, 2.75) is 25.3 Å². The normalized spacial score (nSPS) is 19.6. The highest BCUT2D eigenvalue weighted by Crippen LogP contribution is 2.29. The van der Waals surface area contributed by atoms with Gasteiger partial charge in [0, 0.05) is 32.3 Å². The van der Waals surface area contributed by atoms with Crippen molar-refractivity contribution >= 4 is 0 Å². The molecule has 0 bridgehead atoms. The van der Waals surface area contributed by atoms with E-state index >= 15 is 0 Å². The van der Waals surface area contributed by atoms with Crippen LogP contribution in [-0.2, 0) is 0 Å². The first-order valence-electron chi connectivity index (χ1n) is 7.68. The summed E-state index contributed by atoms with van der Waals surface area (Å²) in [5, 5.41) is 22.0. The minimum atomic E-state index is 0.179. The number of piperazine rings is 1. The zero-order chi connectivity index (χ0) is 15.1. The lowest BCUT2D eigenvalue weighted by molar-refractivity contribution is 0.194. The number of nitrogens with one attached hydrogen (secondary N) is 1. The smallest absolute Gasteiger partial charge is 0.160 e. The highest BCUT2D eigenvalue weighted by atomic mass is 16.5. The first-order valence-corrected chi connectivity index (χ1v) is 7.68. The van der Waals surface area contributed by atoms with Gasteiger partial charge in [0.1, 0.15) is 0 Å². The number of ether oxygens (including phenoxy) is 1. The summed E-state index contributed by atoms with van der Waals surface area (Å²) in [5.74, 6) is 0.701. The fourth-order valence-corrected chi connectivity index (χ4v) is 2.77. The lowest BCUT2D eigenvalue weighted by atomic mass is 10.0. The lowest BCUT2D eigenvalue weighted by Crippen LogP contribution is -2.46. The van der Waals surface area contributed by atoms with Gasteiger partial charge in [-0.25, -0.2) is 0 Å². The van der Waals surface area contributed by atoms with Crippen molar-refractivity contribution in [3.05, 3.63) is 23.8 Å². The molecule has 3 N–H and O–H groups in total. The average molecular weight is 294 g/mol. The molecule has 5 nitrogen and oxygen atoms in total. The molecule has 0 spiro atoms. The van der Waals surface area contributed by atoms with Crippen LogP contribution in [0.5, 0.6) is 11.5 Å². The third kappa shape index (κ3) is 4.59. The molecular formula is C16H26N2O3. The number of aromatic hydroxyl groups is 1. The van der Waals surface area contributed by atoms with E-state index in [1.54, 1.807) is 13.2 Å². The van der Waals surface area contributed by atoms with Gasteiger partial charge in [0.2, 0.25) is 0 Å². The minimum Gasteiger partial charge on any atom is -0.504 e. The second-order valence-corrected chi connectivity index (χ2v) is 5.52. The van der Waals surface area contributed by atoms with Crippen LogP contribution in [0.1, 0.15) is 30.9 Å². The van der Waals surface area contributed by atoms with E-state index in [2.05, 4.69) is 10.2 Å². The van der Waals surface area contributed by atoms with Crippen molar-refractivity contribution in [1.29, 1.82) is 0 Å². The summed E-state index contributed by atoms with van der Waals surface area (Å²) >= 11 is 0. The van der Waals surface area contributed by atoms with Gasteiger partial charge < -0.3 is 25.2 Å². The van der Waals surface area contributed by atoms with Crippen LogP contribution >= 0.6 is 0 Å². The average Bonchev–Trinajstić information content (AvgIpc) is 2.52. The number of aliphatic hydroxyl groups excluding tert-OH is 1. The number of unbranched alkanes of at least 4 members (excludes halogenated alkanes) is 2. The van der Waals surface area contributed by atoms with Gasteiger partial charge in [-0.05, 0) is 43.5 Å². The molecule has 0 aliphatic carbocycles. The Morgan fingerprint density at radius 2 is 2.19 bits per heavy atom. The van der Waals surface area contributed by atoms with Crippen LogP contribution in [0.3, 0.4) is 0 Å². The highest BCUT2D eigenvalue weighted by molar-refractivity contribution is 5.42. The van der Waals surface area contributed by atoms with Gasteiger partial charge in [0.15, 0.2) is 11.5 Å². The number of benzene rings is 1. The zero-order valence-electron chi connectivity index (χ0n) is 12.7. The molecule has 2 rings (SSSR count). The zero-order valence-corrected chi connectivity index (χ0v) is 12.7. The van der Waals surface area contributed by atoms with Gasteiger partial charge in [-0.1, -0.05) is 6.07 Å². The summed E-state index contributed by atoms with van der Waals surface area (Å²) < 4.78 is 5.18. The fraction of sp³-hybridized carbons (Fsp3) is 0.625. The molecule has 1 heterocycles. The summed E-state index contributed by atoms with van der Waals surface area (Å²) in [4.78, 5) is 2.46. The molecule has 0 radical (unpaired) electrons. The van der Waals surface area contributed by atoms with Gasteiger partial charge in [-0.15, -0.1) is 0 Å². The Hall–Kier alpha value is -1.30. The molecule has 1 atom stereocenters. The number of phenolic OH excluding ortho intramolecular Hbond substituents is 1. The summed E-state index contributed by atoms with van der Waals surface area (Å²) in [6, 6.07) is 5.81. The topological polar surface area (TPSA) is 65.0 Å². The second-order valence-electron chi connectivity index (χ2n) is 5.52. The largest absolute Gasteiger partial charge is 0.504 e. The summed E-state index contributed by atoms with van der Waals surface area (Å²) in [6.45, 7) is 4.36. The first kappa shape index (κ1) is 16.1. The van der Waals surface area contributed by atoms with Crippen molar-refractivity contribution in [3.8, 4) is 11.5 Å². The Morgan fingerprint density at radius 1 is 1.33 bits per heavy atom. The Kier molecular flexibility index (Phi) is 6.29. The number of phenols is 1. The first-order chi connectivity index (χ1) is 10.2. The minimum absolute atomic E-state index is 0.179. The van der Waals surface area contributed by atoms with E-state index in [-0.39, 0.29) is 18.4 Å². The third-order valence-electron chi connectivity index (χ3n) is 4.00. The van der Waals surface area contributed by atoms with Crippen molar-refractivity contribution in [1.82, 2.24) is 10.2 Å². The maximum absolute atomic E-state index is 9.68. The van der Waals surface area contributed by atoms with Gasteiger partial charge in [0.25, 0.3) is 0 Å². The molecule has 0 aromatic heterocycles. The van der Waals surface area contributed by atoms with Crippen molar-refractivity contribution in [2.75, 3.05) is 39.9 Å². The predicted octanol–water partition coefficient (Wildman–Crippen LogP) is 1.51. The molecule has 5 heteroatoms. The van der Waals surface area contributed by atoms with Crippen LogP contribution in [0, 0.1) is 0 Å². The molecule has 118 valence electrons. The van der Waals surface area contributed by atoms with Crippen LogP contribution in [0.15, 0.2) is 18.2 Å². The predicted molar refractivity (Wildman–Crippen MR) is 82.8 cm³/mol. The molecule has 1 aromatic carbocycles. The van der Waals surface area contributed by atoms with E-state index in [0.29, 0.717) is 5.75 Å².